The fourth-order valence-corrected chi connectivity index (χ4v) is 4.16. The van der Waals surface area contributed by atoms with Crippen molar-refractivity contribution in [3.63, 3.8) is 0 Å². The second-order valence-corrected chi connectivity index (χ2v) is 8.35. The number of allylic oxidation sites excluding steroid dienone is 1. The Balaban J connectivity index is 1.84. The molecule has 1 saturated heterocycles. The molecule has 0 radical (unpaired) electrons. The van der Waals surface area contributed by atoms with E-state index >= 15 is 0 Å². The van der Waals surface area contributed by atoms with Crippen LogP contribution >= 0.6 is 11.6 Å². The largest absolute Gasteiger partial charge is 0.456 e. The lowest BCUT2D eigenvalue weighted by Gasteiger charge is -2.41. The summed E-state index contributed by atoms with van der Waals surface area (Å²) in [4.78, 5) is 19.7. The molecule has 6 nitrogen and oxygen atoms in total. The van der Waals surface area contributed by atoms with Crippen molar-refractivity contribution in [2.24, 2.45) is 22.6 Å². The highest BCUT2D eigenvalue weighted by molar-refractivity contribution is 6.20. The summed E-state index contributed by atoms with van der Waals surface area (Å²) in [7, 11) is 0. The molecule has 0 bridgehead atoms. The van der Waals surface area contributed by atoms with Gasteiger partial charge in [0.25, 0.3) is 0 Å². The molecule has 7 heteroatoms. The zero-order valence-corrected chi connectivity index (χ0v) is 17.7. The molecule has 6 unspecified atom stereocenters. The minimum atomic E-state index is -0.507. The average molecular weight is 420 g/mol. The Bertz CT molecular complexity index is 719. The van der Waals surface area contributed by atoms with Crippen LogP contribution < -0.4 is 5.73 Å². The summed E-state index contributed by atoms with van der Waals surface area (Å²) in [6.45, 7) is 6.78. The molecule has 0 amide bonds. The Kier molecular flexibility index (Phi) is 7.84. The number of aliphatic imine (C=N–C) groups is 1. The Morgan fingerprint density at radius 3 is 2.62 bits per heavy atom. The first-order valence-electron chi connectivity index (χ1n) is 10.2. The van der Waals surface area contributed by atoms with E-state index in [0.29, 0.717) is 18.8 Å². The number of halogens is 1. The van der Waals surface area contributed by atoms with E-state index < -0.39 is 6.10 Å². The SMILES string of the molecule is CC(Cl)C1C=CC=NC1C(OC(=O)c1ccccc1)C(C)C(N)N1CCOCC1. The first-order chi connectivity index (χ1) is 14.0. The van der Waals surface area contributed by atoms with Crippen molar-refractivity contribution >= 4 is 23.8 Å². The van der Waals surface area contributed by atoms with E-state index in [-0.39, 0.29) is 35.4 Å². The van der Waals surface area contributed by atoms with Gasteiger partial charge in [-0.2, -0.15) is 0 Å². The molecule has 6 atom stereocenters. The first-order valence-corrected chi connectivity index (χ1v) is 10.6. The number of carbonyl (C=O) groups is 1. The third kappa shape index (κ3) is 5.45. The van der Waals surface area contributed by atoms with Gasteiger partial charge < -0.3 is 15.2 Å². The number of hydrogen-bond acceptors (Lipinski definition) is 6. The molecule has 3 rings (SSSR count). The Hall–Kier alpha value is -1.73. The summed E-state index contributed by atoms with van der Waals surface area (Å²) in [5.74, 6) is -0.565. The van der Waals surface area contributed by atoms with E-state index in [9.17, 15) is 4.79 Å². The lowest BCUT2D eigenvalue weighted by Crippen LogP contribution is -2.57. The maximum absolute atomic E-state index is 12.9. The number of dihydropyridines is 1. The normalized spacial score (nSPS) is 26.5. The molecule has 0 aliphatic carbocycles. The number of benzene rings is 1. The van der Waals surface area contributed by atoms with E-state index in [4.69, 9.17) is 26.8 Å². The number of alkyl halides is 1. The van der Waals surface area contributed by atoms with E-state index in [0.717, 1.165) is 13.1 Å². The summed E-state index contributed by atoms with van der Waals surface area (Å²) < 4.78 is 11.5. The highest BCUT2D eigenvalue weighted by Gasteiger charge is 2.41. The van der Waals surface area contributed by atoms with Crippen molar-refractivity contribution in [1.29, 1.82) is 0 Å². The number of morpholine rings is 1. The van der Waals surface area contributed by atoms with Gasteiger partial charge in [0.2, 0.25) is 0 Å². The van der Waals surface area contributed by atoms with Crippen LogP contribution in [0, 0.1) is 11.8 Å². The molecule has 2 aliphatic rings. The molecule has 0 saturated carbocycles. The Morgan fingerprint density at radius 1 is 1.28 bits per heavy atom. The summed E-state index contributed by atoms with van der Waals surface area (Å²) in [6.07, 6.45) is 4.89. The molecule has 2 heterocycles. The summed E-state index contributed by atoms with van der Waals surface area (Å²) in [5, 5.41) is -0.154. The fraction of sp³-hybridized carbons (Fsp3) is 0.545. The zero-order valence-electron chi connectivity index (χ0n) is 17.0. The molecule has 2 aliphatic heterocycles. The van der Waals surface area contributed by atoms with Crippen LogP contribution in [0.1, 0.15) is 24.2 Å². The molecule has 158 valence electrons. The van der Waals surface area contributed by atoms with Crippen molar-refractivity contribution in [2.75, 3.05) is 26.3 Å². The molecule has 1 aromatic rings. The van der Waals surface area contributed by atoms with Gasteiger partial charge in [-0.25, -0.2) is 4.79 Å². The van der Waals surface area contributed by atoms with Gasteiger partial charge in [-0.15, -0.1) is 11.6 Å². The van der Waals surface area contributed by atoms with E-state index in [1.165, 1.54) is 0 Å². The standard InChI is InChI=1S/C22H30ClN3O3/c1-15(21(24)26-11-13-28-14-12-26)20(19-18(16(2)23)9-6-10-25-19)29-22(27)17-7-4-3-5-8-17/h3-10,15-16,18-21H,11-14,24H2,1-2H3. The third-order valence-electron chi connectivity index (χ3n) is 5.72. The predicted octanol–water partition coefficient (Wildman–Crippen LogP) is 2.72. The lowest BCUT2D eigenvalue weighted by molar-refractivity contribution is -0.0377. The van der Waals surface area contributed by atoms with Crippen molar-refractivity contribution in [3.8, 4) is 0 Å². The first kappa shape index (κ1) is 22.0. The van der Waals surface area contributed by atoms with Crippen LogP contribution in [0.25, 0.3) is 0 Å². The van der Waals surface area contributed by atoms with Gasteiger partial charge in [0.1, 0.15) is 6.10 Å². The number of rotatable bonds is 7. The second-order valence-electron chi connectivity index (χ2n) is 7.66. The minimum absolute atomic E-state index is 0.0467. The predicted molar refractivity (Wildman–Crippen MR) is 115 cm³/mol. The van der Waals surface area contributed by atoms with Gasteiger partial charge in [-0.05, 0) is 25.1 Å². The van der Waals surface area contributed by atoms with E-state index in [2.05, 4.69) is 9.89 Å². The molecule has 0 aromatic heterocycles. The number of esters is 1. The summed E-state index contributed by atoms with van der Waals surface area (Å²) in [6, 6.07) is 8.71. The third-order valence-corrected chi connectivity index (χ3v) is 6.01. The maximum Gasteiger partial charge on any atom is 0.338 e. The van der Waals surface area contributed by atoms with Crippen LogP contribution in [0.4, 0.5) is 0 Å². The van der Waals surface area contributed by atoms with Crippen molar-refractivity contribution in [3.05, 3.63) is 48.0 Å². The van der Waals surface area contributed by atoms with E-state index in [1.54, 1.807) is 18.3 Å². The number of nitrogens with zero attached hydrogens (tertiary/aromatic N) is 2. The van der Waals surface area contributed by atoms with Gasteiger partial charge in [-0.3, -0.25) is 9.89 Å². The summed E-state index contributed by atoms with van der Waals surface area (Å²) in [5.41, 5.74) is 7.12. The molecule has 1 fully saturated rings. The van der Waals surface area contributed by atoms with Crippen LogP contribution in [0.15, 0.2) is 47.5 Å². The Labute approximate surface area is 177 Å². The van der Waals surface area contributed by atoms with Gasteiger partial charge in [0.05, 0.1) is 31.0 Å². The van der Waals surface area contributed by atoms with Crippen LogP contribution in [0.5, 0.6) is 0 Å². The smallest absolute Gasteiger partial charge is 0.338 e. The molecular weight excluding hydrogens is 390 g/mol. The van der Waals surface area contributed by atoms with E-state index in [1.807, 2.05) is 44.2 Å². The van der Waals surface area contributed by atoms with Crippen LogP contribution in [0.2, 0.25) is 0 Å². The monoisotopic (exact) mass is 419 g/mol. The quantitative estimate of drug-likeness (QED) is 0.543. The van der Waals surface area contributed by atoms with Gasteiger partial charge in [-0.1, -0.05) is 31.2 Å². The van der Waals surface area contributed by atoms with Crippen LogP contribution in [-0.2, 0) is 9.47 Å². The number of carbonyl (C=O) groups excluding carboxylic acids is 1. The van der Waals surface area contributed by atoms with Gasteiger partial charge in [0.15, 0.2) is 0 Å². The highest BCUT2D eigenvalue weighted by atomic mass is 35.5. The molecular formula is C22H30ClN3O3. The van der Waals surface area contributed by atoms with Gasteiger partial charge in [0, 0.05) is 36.5 Å². The summed E-state index contributed by atoms with van der Waals surface area (Å²) >= 11 is 6.46. The highest BCUT2D eigenvalue weighted by Crippen LogP contribution is 2.31. The van der Waals surface area contributed by atoms with Crippen LogP contribution in [0.3, 0.4) is 0 Å². The number of nitrogens with two attached hydrogens (primary N) is 1. The zero-order chi connectivity index (χ0) is 20.8. The lowest BCUT2D eigenvalue weighted by atomic mass is 9.84. The van der Waals surface area contributed by atoms with Crippen molar-refractivity contribution < 1.29 is 14.3 Å². The minimum Gasteiger partial charge on any atom is -0.456 e. The molecule has 29 heavy (non-hydrogen) atoms. The van der Waals surface area contributed by atoms with Crippen LogP contribution in [-0.4, -0.2) is 67.1 Å². The second kappa shape index (κ2) is 10.3. The molecule has 2 N–H and O–H groups in total. The average Bonchev–Trinajstić information content (AvgIpc) is 2.77. The molecule has 1 aromatic carbocycles. The van der Waals surface area contributed by atoms with Crippen molar-refractivity contribution in [2.45, 2.75) is 37.5 Å². The number of ether oxygens (including phenoxy) is 2. The fourth-order valence-electron chi connectivity index (χ4n) is 3.93. The number of hydrogen-bond donors (Lipinski definition) is 1. The Morgan fingerprint density at radius 2 is 1.97 bits per heavy atom. The molecule has 0 spiro atoms. The topological polar surface area (TPSA) is 77.1 Å². The maximum atomic E-state index is 12.9. The van der Waals surface area contributed by atoms with Gasteiger partial charge >= 0.3 is 5.97 Å². The van der Waals surface area contributed by atoms with Crippen molar-refractivity contribution in [1.82, 2.24) is 4.90 Å².